The Bertz CT molecular complexity index is 854. The molecule has 1 amide bonds. The second-order valence-corrected chi connectivity index (χ2v) is 8.19. The molecule has 9 heteroatoms. The zero-order valence-corrected chi connectivity index (χ0v) is 23.6. The Labute approximate surface area is 231 Å². The largest absolute Gasteiger partial charge is 0.481 e. The van der Waals surface area contributed by atoms with Crippen LogP contribution in [0.5, 0.6) is 0 Å². The molecule has 1 aliphatic carbocycles. The number of fused-ring (bicyclic) bond motifs is 3. The molecule has 7 nitrogen and oxygen atoms in total. The Balaban J connectivity index is 0.000000605. The first-order valence-corrected chi connectivity index (χ1v) is 11.5. The molecular weight excluding hydrogens is 531 g/mol. The van der Waals surface area contributed by atoms with Gasteiger partial charge < -0.3 is 27.3 Å². The van der Waals surface area contributed by atoms with Crippen LogP contribution in [0.1, 0.15) is 30.4 Å². The van der Waals surface area contributed by atoms with E-state index in [1.807, 2.05) is 0 Å². The summed E-state index contributed by atoms with van der Waals surface area (Å²) in [6.07, 6.45) is 0.179. The molecule has 0 unspecified atom stereocenters. The van der Waals surface area contributed by atoms with Crippen molar-refractivity contribution in [1.29, 1.82) is 0 Å². The van der Waals surface area contributed by atoms with E-state index in [2.05, 4.69) is 53.8 Å². The van der Waals surface area contributed by atoms with Crippen molar-refractivity contribution in [2.24, 2.45) is 0 Å². The van der Waals surface area contributed by atoms with Crippen molar-refractivity contribution in [3.8, 4) is 11.1 Å². The summed E-state index contributed by atoms with van der Waals surface area (Å²) in [5, 5.41) is 10.8. The maximum absolute atomic E-state index is 11.0. The van der Waals surface area contributed by atoms with Crippen LogP contribution in [0.25, 0.3) is 11.1 Å². The van der Waals surface area contributed by atoms with Crippen molar-refractivity contribution in [3.05, 3.63) is 67.1 Å². The van der Waals surface area contributed by atoms with E-state index in [0.29, 0.717) is 18.2 Å². The summed E-state index contributed by atoms with van der Waals surface area (Å²) in [5.74, 6) is -0.650. The van der Waals surface area contributed by atoms with Gasteiger partial charge in [0.15, 0.2) is 0 Å². The number of esters is 1. The molecule has 0 fully saturated rings. The summed E-state index contributed by atoms with van der Waals surface area (Å²) in [6.45, 7) is 2.57. The predicted octanol–water partition coefficient (Wildman–Crippen LogP) is 3.77. The van der Waals surface area contributed by atoms with Gasteiger partial charge in [0.2, 0.25) is 5.91 Å². The number of amides is 1. The van der Waals surface area contributed by atoms with Crippen molar-refractivity contribution in [1.82, 2.24) is 5.32 Å². The van der Waals surface area contributed by atoms with Crippen LogP contribution in [0.4, 0.5) is 0 Å². The zero-order valence-electron chi connectivity index (χ0n) is 19.9. The maximum atomic E-state index is 11.0. The molecule has 0 aliphatic heterocycles. The summed E-state index contributed by atoms with van der Waals surface area (Å²) >= 11 is 1.16. The van der Waals surface area contributed by atoms with Gasteiger partial charge in [0.05, 0.1) is 25.3 Å². The van der Waals surface area contributed by atoms with Crippen LogP contribution >= 0.6 is 11.8 Å². The number of thioether (sulfide) groups is 1. The molecule has 0 spiro atoms. The third-order valence-electron chi connectivity index (χ3n) is 4.71. The van der Waals surface area contributed by atoms with Gasteiger partial charge in [-0.05, 0) is 22.3 Å². The average Bonchev–Trinajstić information content (AvgIpc) is 3.09. The van der Waals surface area contributed by atoms with Gasteiger partial charge in [0.25, 0.3) is 0 Å². The smallest absolute Gasteiger partial charge is 0.313 e. The fraction of sp³-hybridized carbons (Fsp3) is 0.360. The van der Waals surface area contributed by atoms with Gasteiger partial charge in [0.1, 0.15) is 6.61 Å². The van der Waals surface area contributed by atoms with Gasteiger partial charge in [-0.1, -0.05) is 48.5 Å². The number of rotatable bonds is 10. The number of benzene rings is 2. The second kappa shape index (κ2) is 17.7. The van der Waals surface area contributed by atoms with E-state index in [0.717, 1.165) is 18.4 Å². The molecule has 0 atom stereocenters. The Morgan fingerprint density at radius 1 is 1.03 bits per heavy atom. The molecule has 0 saturated heterocycles. The zero-order chi connectivity index (χ0) is 23.3. The van der Waals surface area contributed by atoms with Crippen molar-refractivity contribution in [3.63, 3.8) is 0 Å². The number of hydrogen-bond acceptors (Lipinski definition) is 6. The van der Waals surface area contributed by atoms with Gasteiger partial charge >= 0.3 is 11.9 Å². The molecule has 0 heterocycles. The molecule has 2 aromatic rings. The Morgan fingerprint density at radius 3 is 2.09 bits per heavy atom. The first-order valence-electron chi connectivity index (χ1n) is 10.3. The molecule has 2 aromatic carbocycles. The maximum Gasteiger partial charge on any atom is 0.313 e. The number of nitrogens with one attached hydrogen (secondary N) is 1. The number of ether oxygens (including phenoxy) is 2. The molecule has 1 radical (unpaired) electrons. The molecule has 183 valence electrons. The Kier molecular flexibility index (Phi) is 16.8. The summed E-state index contributed by atoms with van der Waals surface area (Å²) in [4.78, 5) is 31.6. The SMILES string of the molecule is CC(=O)NCCOC(=O)CCSCC(=O)O.COCC1c2ccccc2-c2ccccc21.[CH3-].[Y]. The summed E-state index contributed by atoms with van der Waals surface area (Å²) < 4.78 is 10.1. The van der Waals surface area contributed by atoms with Gasteiger partial charge in [-0.3, -0.25) is 14.4 Å². The van der Waals surface area contributed by atoms with Crippen molar-refractivity contribution in [2.45, 2.75) is 19.3 Å². The number of carbonyl (C=O) groups excluding carboxylic acids is 2. The van der Waals surface area contributed by atoms with E-state index in [-0.39, 0.29) is 70.8 Å². The minimum atomic E-state index is -0.899. The van der Waals surface area contributed by atoms with Gasteiger partial charge in [-0.25, -0.2) is 0 Å². The van der Waals surface area contributed by atoms with Crippen LogP contribution in [0, 0.1) is 7.43 Å². The van der Waals surface area contributed by atoms with Gasteiger partial charge in [-0.2, -0.15) is 0 Å². The van der Waals surface area contributed by atoms with E-state index < -0.39 is 5.97 Å². The molecule has 1 aliphatic rings. The second-order valence-electron chi connectivity index (χ2n) is 7.08. The van der Waals surface area contributed by atoms with E-state index >= 15 is 0 Å². The Hall–Kier alpha value is -1.74. The number of carbonyl (C=O) groups is 3. The van der Waals surface area contributed by atoms with Crippen LogP contribution in [0.3, 0.4) is 0 Å². The van der Waals surface area contributed by atoms with Crippen LogP contribution in [0.2, 0.25) is 0 Å². The standard InChI is InChI=1S/C15H14O.C9H15NO5S.CH3.Y/c1-16-10-15-13-8-4-2-6-11(13)12-7-3-5-9-14(12)15;1-7(11)10-3-4-15-9(14)2-5-16-6-8(12)13;;/h2-9,15H,10H2,1H3;2-6H2,1H3,(H,10,11)(H,12,13);1H3;/q;;-1;. The van der Waals surface area contributed by atoms with Gasteiger partial charge in [-0.15, -0.1) is 11.8 Å². The van der Waals surface area contributed by atoms with Gasteiger partial charge in [0, 0.05) is 58.4 Å². The topological polar surface area (TPSA) is 102 Å². The molecule has 0 saturated carbocycles. The van der Waals surface area contributed by atoms with Crippen molar-refractivity contribution >= 4 is 29.6 Å². The van der Waals surface area contributed by atoms with Crippen LogP contribution in [0.15, 0.2) is 48.5 Å². The number of carboxylic acid groups (broad SMARTS) is 1. The van der Waals surface area contributed by atoms with Crippen LogP contribution in [-0.2, 0) is 56.6 Å². The molecule has 3 rings (SSSR count). The van der Waals surface area contributed by atoms with Crippen LogP contribution in [-0.4, -0.2) is 61.3 Å². The number of carboxylic acids is 1. The van der Waals surface area contributed by atoms with Crippen molar-refractivity contribution in [2.75, 3.05) is 38.4 Å². The number of methoxy groups -OCH3 is 1. The monoisotopic (exact) mass is 563 g/mol. The number of aliphatic carboxylic acids is 1. The molecule has 0 bridgehead atoms. The molecule has 34 heavy (non-hydrogen) atoms. The van der Waals surface area contributed by atoms with E-state index in [1.54, 1.807) is 7.11 Å². The minimum absolute atomic E-state index is 0. The third kappa shape index (κ3) is 10.7. The fourth-order valence-electron chi connectivity index (χ4n) is 3.39. The van der Waals surface area contributed by atoms with Crippen molar-refractivity contribution < 1.29 is 61.7 Å². The Morgan fingerprint density at radius 2 is 1.59 bits per heavy atom. The molecule has 0 aromatic heterocycles. The van der Waals surface area contributed by atoms with E-state index in [4.69, 9.17) is 14.6 Å². The summed E-state index contributed by atoms with van der Waals surface area (Å²) in [7, 11) is 1.77. The fourth-order valence-corrected chi connectivity index (χ4v) is 4.02. The number of hydrogen-bond donors (Lipinski definition) is 2. The first-order chi connectivity index (χ1) is 15.4. The quantitative estimate of drug-likeness (QED) is 0.258. The first kappa shape index (κ1) is 32.3. The molecule has 2 N–H and O–H groups in total. The van der Waals surface area contributed by atoms with Crippen LogP contribution < -0.4 is 5.32 Å². The van der Waals surface area contributed by atoms with E-state index in [9.17, 15) is 14.4 Å². The average molecular weight is 564 g/mol. The van der Waals surface area contributed by atoms with E-state index in [1.165, 1.54) is 29.2 Å². The normalized spacial score (nSPS) is 10.9. The minimum Gasteiger partial charge on any atom is -0.481 e. The summed E-state index contributed by atoms with van der Waals surface area (Å²) in [6, 6.07) is 17.2. The third-order valence-corrected chi connectivity index (χ3v) is 5.65. The predicted molar refractivity (Wildman–Crippen MR) is 131 cm³/mol. The molecular formula is C25H32NO6SY-. The summed E-state index contributed by atoms with van der Waals surface area (Å²) in [5.41, 5.74) is 5.51.